The van der Waals surface area contributed by atoms with Crippen LogP contribution in [0.3, 0.4) is 0 Å². The molecule has 5 rings (SSSR count). The zero-order valence-corrected chi connectivity index (χ0v) is 18.2. The molecule has 0 atom stereocenters. The minimum absolute atomic E-state index is 0.448. The van der Waals surface area contributed by atoms with Crippen LogP contribution in [0.1, 0.15) is 49.0 Å². The number of hydrogen-bond donors (Lipinski definition) is 0. The molecule has 0 unspecified atom stereocenters. The molecule has 8 nitrogen and oxygen atoms in total. The van der Waals surface area contributed by atoms with Crippen LogP contribution in [-0.2, 0) is 0 Å². The second kappa shape index (κ2) is 8.17. The highest BCUT2D eigenvalue weighted by atomic mass is 16.5. The van der Waals surface area contributed by atoms with Crippen molar-refractivity contribution in [3.05, 3.63) is 36.0 Å². The Morgan fingerprint density at radius 2 is 1.68 bits per heavy atom. The predicted molar refractivity (Wildman–Crippen MR) is 117 cm³/mol. The lowest BCUT2D eigenvalue weighted by Crippen LogP contribution is -2.34. The number of anilines is 1. The van der Waals surface area contributed by atoms with Crippen molar-refractivity contribution in [2.45, 2.75) is 37.5 Å². The van der Waals surface area contributed by atoms with E-state index < -0.39 is 0 Å². The summed E-state index contributed by atoms with van der Waals surface area (Å²) < 4.78 is 16.7. The van der Waals surface area contributed by atoms with E-state index in [9.17, 15) is 0 Å². The molecule has 0 bridgehead atoms. The first-order valence-corrected chi connectivity index (χ1v) is 10.8. The van der Waals surface area contributed by atoms with E-state index >= 15 is 0 Å². The molecule has 1 saturated carbocycles. The summed E-state index contributed by atoms with van der Waals surface area (Å²) in [5.41, 5.74) is 1.17. The SMILES string of the molecule is COc1cc2c(N3CCC(c4ccnc(C5CC5)n4)CC3)nncc2c(OC)c1OC. The summed E-state index contributed by atoms with van der Waals surface area (Å²) >= 11 is 0. The normalized spacial score (nSPS) is 17.1. The van der Waals surface area contributed by atoms with Crippen LogP contribution in [0.15, 0.2) is 24.5 Å². The van der Waals surface area contributed by atoms with Crippen LogP contribution in [0.4, 0.5) is 5.82 Å². The quantitative estimate of drug-likeness (QED) is 0.596. The fourth-order valence-electron chi connectivity index (χ4n) is 4.46. The minimum Gasteiger partial charge on any atom is -0.493 e. The largest absolute Gasteiger partial charge is 0.493 e. The fourth-order valence-corrected chi connectivity index (χ4v) is 4.46. The van der Waals surface area contributed by atoms with Gasteiger partial charge in [-0.05, 0) is 37.8 Å². The highest BCUT2D eigenvalue weighted by molar-refractivity contribution is 5.99. The lowest BCUT2D eigenvalue weighted by atomic mass is 9.93. The van der Waals surface area contributed by atoms with Gasteiger partial charge in [-0.1, -0.05) is 0 Å². The first-order valence-electron chi connectivity index (χ1n) is 10.8. The molecule has 1 aliphatic carbocycles. The number of rotatable bonds is 6. The van der Waals surface area contributed by atoms with Crippen LogP contribution < -0.4 is 19.1 Å². The number of benzene rings is 1. The third-order valence-corrected chi connectivity index (χ3v) is 6.30. The van der Waals surface area contributed by atoms with Crippen LogP contribution in [0.5, 0.6) is 17.2 Å². The summed E-state index contributed by atoms with van der Waals surface area (Å²) in [4.78, 5) is 11.6. The van der Waals surface area contributed by atoms with Gasteiger partial charge in [-0.15, -0.1) is 5.10 Å². The average molecular weight is 422 g/mol. The summed E-state index contributed by atoms with van der Waals surface area (Å²) in [7, 11) is 4.86. The summed E-state index contributed by atoms with van der Waals surface area (Å²) in [5, 5.41) is 10.5. The van der Waals surface area contributed by atoms with Gasteiger partial charge in [-0.3, -0.25) is 0 Å². The van der Waals surface area contributed by atoms with Crippen molar-refractivity contribution in [1.82, 2.24) is 20.2 Å². The van der Waals surface area contributed by atoms with Gasteiger partial charge in [-0.25, -0.2) is 9.97 Å². The summed E-state index contributed by atoms with van der Waals surface area (Å²) in [6, 6.07) is 4.03. The smallest absolute Gasteiger partial charge is 0.204 e. The minimum atomic E-state index is 0.448. The molecule has 2 fully saturated rings. The lowest BCUT2D eigenvalue weighted by Gasteiger charge is -2.33. The van der Waals surface area contributed by atoms with Crippen molar-refractivity contribution in [3.8, 4) is 17.2 Å². The molecule has 0 N–H and O–H groups in total. The molecule has 0 spiro atoms. The van der Waals surface area contributed by atoms with Crippen LogP contribution in [0.2, 0.25) is 0 Å². The van der Waals surface area contributed by atoms with Crippen LogP contribution in [-0.4, -0.2) is 54.6 Å². The second-order valence-electron chi connectivity index (χ2n) is 8.15. The van der Waals surface area contributed by atoms with E-state index in [4.69, 9.17) is 19.2 Å². The molecule has 3 heterocycles. The third kappa shape index (κ3) is 3.60. The molecule has 2 aromatic heterocycles. The number of fused-ring (bicyclic) bond motifs is 1. The topological polar surface area (TPSA) is 82.5 Å². The van der Waals surface area contributed by atoms with Gasteiger partial charge in [0.2, 0.25) is 5.75 Å². The Hall–Kier alpha value is -3.16. The van der Waals surface area contributed by atoms with Gasteiger partial charge in [0, 0.05) is 42.2 Å². The van der Waals surface area contributed by atoms with Gasteiger partial charge < -0.3 is 19.1 Å². The van der Waals surface area contributed by atoms with Crippen molar-refractivity contribution in [3.63, 3.8) is 0 Å². The van der Waals surface area contributed by atoms with Crippen LogP contribution in [0, 0.1) is 0 Å². The van der Waals surface area contributed by atoms with Crippen LogP contribution >= 0.6 is 0 Å². The zero-order chi connectivity index (χ0) is 21.4. The molecule has 162 valence electrons. The van der Waals surface area contributed by atoms with E-state index in [1.165, 1.54) is 18.5 Å². The van der Waals surface area contributed by atoms with Gasteiger partial charge in [0.05, 0.1) is 32.9 Å². The molecule has 1 aliphatic heterocycles. The molecule has 2 aliphatic rings. The van der Waals surface area contributed by atoms with E-state index in [0.717, 1.165) is 48.3 Å². The van der Waals surface area contributed by atoms with Crippen molar-refractivity contribution in [1.29, 1.82) is 0 Å². The maximum Gasteiger partial charge on any atom is 0.204 e. The predicted octanol–water partition coefficient (Wildman–Crippen LogP) is 3.71. The van der Waals surface area contributed by atoms with Crippen molar-refractivity contribution in [2.75, 3.05) is 39.3 Å². The molecule has 31 heavy (non-hydrogen) atoms. The molecule has 0 amide bonds. The van der Waals surface area contributed by atoms with Gasteiger partial charge in [-0.2, -0.15) is 5.10 Å². The zero-order valence-electron chi connectivity index (χ0n) is 18.2. The standard InChI is InChI=1S/C23H27N5O3/c1-29-19-12-16-17(20(30-2)21(19)31-3)13-25-27-23(16)28-10-7-14(8-11-28)18-6-9-24-22(26-18)15-4-5-15/h6,9,12-15H,4-5,7-8,10-11H2,1-3H3. The maximum absolute atomic E-state index is 5.64. The number of hydrogen-bond acceptors (Lipinski definition) is 8. The van der Waals surface area contributed by atoms with Crippen LogP contribution in [0.25, 0.3) is 10.8 Å². The molecule has 8 heteroatoms. The monoisotopic (exact) mass is 421 g/mol. The molecular weight excluding hydrogens is 394 g/mol. The van der Waals surface area contributed by atoms with E-state index in [-0.39, 0.29) is 0 Å². The van der Waals surface area contributed by atoms with Crippen molar-refractivity contribution in [2.24, 2.45) is 0 Å². The van der Waals surface area contributed by atoms with Gasteiger partial charge >= 0.3 is 0 Å². The maximum atomic E-state index is 5.64. The highest BCUT2D eigenvalue weighted by Gasteiger charge is 2.29. The number of methoxy groups -OCH3 is 3. The van der Waals surface area contributed by atoms with E-state index in [1.54, 1.807) is 27.5 Å². The Morgan fingerprint density at radius 1 is 0.903 bits per heavy atom. The number of aromatic nitrogens is 4. The third-order valence-electron chi connectivity index (χ3n) is 6.30. The number of ether oxygens (including phenoxy) is 3. The van der Waals surface area contributed by atoms with Gasteiger partial charge in [0.25, 0.3) is 0 Å². The van der Waals surface area contributed by atoms with Gasteiger partial charge in [0.1, 0.15) is 5.82 Å². The Labute approximate surface area is 181 Å². The number of piperidine rings is 1. The van der Waals surface area contributed by atoms with Crippen molar-refractivity contribution >= 4 is 16.6 Å². The number of nitrogens with zero attached hydrogens (tertiary/aromatic N) is 5. The molecule has 0 radical (unpaired) electrons. The first-order chi connectivity index (χ1) is 15.2. The molecule has 3 aromatic rings. The molecule has 1 aromatic carbocycles. The second-order valence-corrected chi connectivity index (χ2v) is 8.15. The Kier molecular flexibility index (Phi) is 5.21. The summed E-state index contributed by atoms with van der Waals surface area (Å²) in [6.45, 7) is 1.77. The molecule has 1 saturated heterocycles. The Bertz CT molecular complexity index is 1090. The highest BCUT2D eigenvalue weighted by Crippen LogP contribution is 2.45. The first kappa shape index (κ1) is 19.8. The average Bonchev–Trinajstić information content (AvgIpc) is 3.68. The van der Waals surface area contributed by atoms with Gasteiger partial charge in [0.15, 0.2) is 17.3 Å². The van der Waals surface area contributed by atoms with E-state index in [2.05, 4.69) is 26.1 Å². The fraction of sp³-hybridized carbons (Fsp3) is 0.478. The van der Waals surface area contributed by atoms with Crippen molar-refractivity contribution < 1.29 is 14.2 Å². The Balaban J connectivity index is 1.42. The lowest BCUT2D eigenvalue weighted by molar-refractivity contribution is 0.327. The van der Waals surface area contributed by atoms with E-state index in [0.29, 0.717) is 29.1 Å². The summed E-state index contributed by atoms with van der Waals surface area (Å²) in [5.74, 6) is 4.67. The summed E-state index contributed by atoms with van der Waals surface area (Å²) in [6.07, 6.45) is 8.11. The van der Waals surface area contributed by atoms with E-state index in [1.807, 2.05) is 12.3 Å². The molecular formula is C23H27N5O3. The Morgan fingerprint density at radius 3 is 2.35 bits per heavy atom.